The number of carbonyl (C=O) groups excluding carboxylic acids is 1. The van der Waals surface area contributed by atoms with Crippen LogP contribution in [0.4, 0.5) is 0 Å². The molecular weight excluding hydrogens is 222 g/mol. The van der Waals surface area contributed by atoms with Crippen LogP contribution in [0, 0.1) is 6.92 Å². The lowest BCUT2D eigenvalue weighted by molar-refractivity contribution is -0.142. The maximum atomic E-state index is 12.1. The summed E-state index contributed by atoms with van der Waals surface area (Å²) >= 11 is 0. The summed E-state index contributed by atoms with van der Waals surface area (Å²) in [5, 5.41) is 13.1. The summed E-state index contributed by atoms with van der Waals surface area (Å²) in [5.41, 5.74) is 1.04. The van der Waals surface area contributed by atoms with Gasteiger partial charge in [0.25, 0.3) is 5.91 Å². The molecule has 1 heterocycles. The minimum atomic E-state index is -0.995. The molecule has 17 heavy (non-hydrogen) atoms. The molecule has 1 rings (SSSR count). The SMILES string of the molecule is CCC(C(=O)O)N(C)C(=O)c1cn(C)nc1C. The van der Waals surface area contributed by atoms with Crippen molar-refractivity contribution in [3.8, 4) is 0 Å². The van der Waals surface area contributed by atoms with Crippen LogP contribution in [0.3, 0.4) is 0 Å². The number of rotatable bonds is 4. The van der Waals surface area contributed by atoms with Gasteiger partial charge in [-0.25, -0.2) is 4.79 Å². The van der Waals surface area contributed by atoms with Crippen molar-refractivity contribution in [3.05, 3.63) is 17.5 Å². The van der Waals surface area contributed by atoms with E-state index in [0.717, 1.165) is 0 Å². The second-order valence-corrected chi connectivity index (χ2v) is 3.98. The molecule has 6 heteroatoms. The monoisotopic (exact) mass is 239 g/mol. The summed E-state index contributed by atoms with van der Waals surface area (Å²) in [6.07, 6.45) is 1.97. The Labute approximate surface area is 99.8 Å². The molecule has 0 radical (unpaired) electrons. The third-order valence-electron chi connectivity index (χ3n) is 2.70. The zero-order chi connectivity index (χ0) is 13.2. The van der Waals surface area contributed by atoms with Crippen molar-refractivity contribution >= 4 is 11.9 Å². The van der Waals surface area contributed by atoms with Crippen LogP contribution < -0.4 is 0 Å². The fourth-order valence-corrected chi connectivity index (χ4v) is 1.76. The number of nitrogens with zero attached hydrogens (tertiary/aromatic N) is 3. The van der Waals surface area contributed by atoms with Crippen LogP contribution in [0.25, 0.3) is 0 Å². The molecule has 94 valence electrons. The smallest absolute Gasteiger partial charge is 0.326 e. The molecule has 1 N–H and O–H groups in total. The number of aryl methyl sites for hydroxylation is 2. The fourth-order valence-electron chi connectivity index (χ4n) is 1.76. The molecule has 0 spiro atoms. The first-order valence-corrected chi connectivity index (χ1v) is 5.38. The molecule has 0 aliphatic heterocycles. The van der Waals surface area contributed by atoms with E-state index in [0.29, 0.717) is 17.7 Å². The van der Waals surface area contributed by atoms with E-state index >= 15 is 0 Å². The number of hydrogen-bond donors (Lipinski definition) is 1. The van der Waals surface area contributed by atoms with Gasteiger partial charge in [-0.3, -0.25) is 9.48 Å². The largest absolute Gasteiger partial charge is 0.480 e. The molecule has 0 bridgehead atoms. The lowest BCUT2D eigenvalue weighted by Gasteiger charge is -2.23. The van der Waals surface area contributed by atoms with Gasteiger partial charge in [0.1, 0.15) is 6.04 Å². The van der Waals surface area contributed by atoms with E-state index in [-0.39, 0.29) is 5.91 Å². The van der Waals surface area contributed by atoms with Crippen molar-refractivity contribution in [3.63, 3.8) is 0 Å². The Bertz CT molecular complexity index is 439. The lowest BCUT2D eigenvalue weighted by atomic mass is 10.1. The van der Waals surface area contributed by atoms with Gasteiger partial charge >= 0.3 is 5.97 Å². The lowest BCUT2D eigenvalue weighted by Crippen LogP contribution is -2.42. The highest BCUT2D eigenvalue weighted by molar-refractivity contribution is 5.97. The Hall–Kier alpha value is -1.85. The van der Waals surface area contributed by atoms with Crippen LogP contribution in [-0.2, 0) is 11.8 Å². The number of likely N-dealkylation sites (N-methyl/N-ethyl adjacent to an activating group) is 1. The normalized spacial score (nSPS) is 12.2. The maximum Gasteiger partial charge on any atom is 0.326 e. The molecule has 0 aromatic carbocycles. The van der Waals surface area contributed by atoms with Crippen molar-refractivity contribution in [2.75, 3.05) is 7.05 Å². The summed E-state index contributed by atoms with van der Waals surface area (Å²) in [6.45, 7) is 3.46. The van der Waals surface area contributed by atoms with Gasteiger partial charge in [-0.05, 0) is 13.3 Å². The summed E-state index contributed by atoms with van der Waals surface area (Å²) in [4.78, 5) is 24.3. The summed E-state index contributed by atoms with van der Waals surface area (Å²) in [5.74, 6) is -1.31. The van der Waals surface area contributed by atoms with Crippen molar-refractivity contribution in [2.24, 2.45) is 7.05 Å². The molecule has 1 atom stereocenters. The van der Waals surface area contributed by atoms with Gasteiger partial charge in [-0.15, -0.1) is 0 Å². The number of carboxylic acid groups (broad SMARTS) is 1. The van der Waals surface area contributed by atoms with E-state index in [1.165, 1.54) is 16.6 Å². The zero-order valence-electron chi connectivity index (χ0n) is 10.5. The van der Waals surface area contributed by atoms with Gasteiger partial charge in [0, 0.05) is 20.3 Å². The minimum absolute atomic E-state index is 0.315. The van der Waals surface area contributed by atoms with Crippen LogP contribution in [0.2, 0.25) is 0 Å². The van der Waals surface area contributed by atoms with E-state index < -0.39 is 12.0 Å². The fraction of sp³-hybridized carbons (Fsp3) is 0.545. The topological polar surface area (TPSA) is 75.4 Å². The predicted octanol–water partition coefficient (Wildman–Crippen LogP) is 0.664. The number of carboxylic acids is 1. The molecule has 6 nitrogen and oxygen atoms in total. The first-order chi connectivity index (χ1) is 7.88. The summed E-state index contributed by atoms with van der Waals surface area (Å²) in [7, 11) is 3.22. The van der Waals surface area contributed by atoms with Crippen LogP contribution in [0.15, 0.2) is 6.20 Å². The highest BCUT2D eigenvalue weighted by atomic mass is 16.4. The quantitative estimate of drug-likeness (QED) is 0.837. The van der Waals surface area contributed by atoms with Crippen LogP contribution in [-0.4, -0.2) is 44.8 Å². The number of amides is 1. The number of aliphatic carboxylic acids is 1. The Kier molecular flexibility index (Phi) is 3.88. The molecule has 0 aliphatic rings. The van der Waals surface area contributed by atoms with Crippen LogP contribution >= 0.6 is 0 Å². The zero-order valence-corrected chi connectivity index (χ0v) is 10.5. The van der Waals surface area contributed by atoms with Crippen molar-refractivity contribution in [1.29, 1.82) is 0 Å². The Morgan fingerprint density at radius 2 is 2.18 bits per heavy atom. The van der Waals surface area contributed by atoms with Gasteiger partial charge in [0.15, 0.2) is 0 Å². The maximum absolute atomic E-state index is 12.1. The number of hydrogen-bond acceptors (Lipinski definition) is 3. The van der Waals surface area contributed by atoms with Crippen LogP contribution in [0.1, 0.15) is 29.4 Å². The third-order valence-corrected chi connectivity index (χ3v) is 2.70. The van der Waals surface area contributed by atoms with E-state index in [9.17, 15) is 9.59 Å². The highest BCUT2D eigenvalue weighted by Gasteiger charge is 2.27. The average molecular weight is 239 g/mol. The molecule has 1 amide bonds. The van der Waals surface area contributed by atoms with Crippen molar-refractivity contribution in [2.45, 2.75) is 26.3 Å². The molecule has 0 fully saturated rings. The second kappa shape index (κ2) is 4.99. The van der Waals surface area contributed by atoms with E-state index in [1.807, 2.05) is 0 Å². The Morgan fingerprint density at radius 3 is 2.53 bits per heavy atom. The van der Waals surface area contributed by atoms with Gasteiger partial charge in [0.2, 0.25) is 0 Å². The van der Waals surface area contributed by atoms with Gasteiger partial charge in [-0.1, -0.05) is 6.92 Å². The summed E-state index contributed by atoms with van der Waals surface area (Å²) in [6, 6.07) is -0.804. The van der Waals surface area contributed by atoms with Gasteiger partial charge in [0.05, 0.1) is 11.3 Å². The highest BCUT2D eigenvalue weighted by Crippen LogP contribution is 2.12. The molecule has 1 aromatic heterocycles. The Balaban J connectivity index is 2.97. The Morgan fingerprint density at radius 1 is 1.59 bits per heavy atom. The van der Waals surface area contributed by atoms with Crippen LogP contribution in [0.5, 0.6) is 0 Å². The first kappa shape index (κ1) is 13.2. The molecule has 0 saturated carbocycles. The van der Waals surface area contributed by atoms with E-state index in [2.05, 4.69) is 5.10 Å². The van der Waals surface area contributed by atoms with Gasteiger partial charge < -0.3 is 10.0 Å². The third kappa shape index (κ3) is 2.64. The molecule has 0 aliphatic carbocycles. The molecule has 1 unspecified atom stereocenters. The standard InChI is InChI=1S/C11H17N3O3/c1-5-9(11(16)17)14(4)10(15)8-6-13(3)12-7(8)2/h6,9H,5H2,1-4H3,(H,16,17). The summed E-state index contributed by atoms with van der Waals surface area (Å²) < 4.78 is 1.54. The average Bonchev–Trinajstić information content (AvgIpc) is 2.57. The van der Waals surface area contributed by atoms with E-state index in [4.69, 9.17) is 5.11 Å². The molecule has 0 saturated heterocycles. The van der Waals surface area contributed by atoms with E-state index in [1.54, 1.807) is 27.1 Å². The predicted molar refractivity (Wildman–Crippen MR) is 61.8 cm³/mol. The van der Waals surface area contributed by atoms with Crippen molar-refractivity contribution < 1.29 is 14.7 Å². The second-order valence-electron chi connectivity index (χ2n) is 3.98. The molecular formula is C11H17N3O3. The molecule has 1 aromatic rings. The van der Waals surface area contributed by atoms with Gasteiger partial charge in [-0.2, -0.15) is 5.10 Å². The number of carbonyl (C=O) groups is 2. The number of aromatic nitrogens is 2. The first-order valence-electron chi connectivity index (χ1n) is 5.38. The minimum Gasteiger partial charge on any atom is -0.480 e. The van der Waals surface area contributed by atoms with Crippen molar-refractivity contribution in [1.82, 2.24) is 14.7 Å².